The molecule has 0 aliphatic carbocycles. The Balaban J connectivity index is 1.36. The third kappa shape index (κ3) is 5.21. The number of hydrogen-bond acceptors (Lipinski definition) is 5. The zero-order chi connectivity index (χ0) is 21.8. The van der Waals surface area contributed by atoms with E-state index >= 15 is 0 Å². The number of likely N-dealkylation sites (tertiary alicyclic amines) is 1. The summed E-state index contributed by atoms with van der Waals surface area (Å²) in [6.07, 6.45) is 1.02. The first-order valence-corrected chi connectivity index (χ1v) is 11.7. The van der Waals surface area contributed by atoms with Gasteiger partial charge in [-0.3, -0.25) is 9.62 Å². The first-order chi connectivity index (χ1) is 14.9. The molecule has 2 aromatic carbocycles. The number of pyridine rings is 1. The fraction of sp³-hybridized carbons (Fsp3) is 0.261. The van der Waals surface area contributed by atoms with Crippen molar-refractivity contribution in [2.75, 3.05) is 23.1 Å². The molecule has 1 saturated heterocycles. The molecule has 1 aliphatic heterocycles. The maximum Gasteiger partial charge on any atom is 0.263 e. The summed E-state index contributed by atoms with van der Waals surface area (Å²) >= 11 is 0. The van der Waals surface area contributed by atoms with Crippen molar-refractivity contribution in [3.63, 3.8) is 0 Å². The summed E-state index contributed by atoms with van der Waals surface area (Å²) in [7, 11) is -3.84. The van der Waals surface area contributed by atoms with Crippen molar-refractivity contribution in [3.05, 3.63) is 84.3 Å². The number of hydrogen-bond donors (Lipinski definition) is 2. The topological polar surface area (TPSA) is 74.3 Å². The normalized spacial score (nSPS) is 17.9. The zero-order valence-electron chi connectivity index (χ0n) is 17.2. The molecule has 2 atom stereocenters. The lowest BCUT2D eigenvalue weighted by molar-refractivity contribution is 0.261. The van der Waals surface area contributed by atoms with E-state index in [4.69, 9.17) is 0 Å². The Hall–Kier alpha value is -2.97. The number of halogens is 1. The van der Waals surface area contributed by atoms with Crippen LogP contribution in [0, 0.1) is 5.95 Å². The highest BCUT2D eigenvalue weighted by atomic mass is 32.2. The highest BCUT2D eigenvalue weighted by Gasteiger charge is 2.26. The molecule has 4 rings (SSSR count). The lowest BCUT2D eigenvalue weighted by Crippen LogP contribution is -2.28. The molecule has 2 heterocycles. The number of rotatable bonds is 7. The summed E-state index contributed by atoms with van der Waals surface area (Å²) in [4.78, 5) is 6.08. The molecule has 2 N–H and O–H groups in total. The minimum Gasteiger partial charge on any atom is -0.381 e. The number of benzene rings is 2. The van der Waals surface area contributed by atoms with Crippen LogP contribution >= 0.6 is 0 Å². The quantitative estimate of drug-likeness (QED) is 0.537. The third-order valence-electron chi connectivity index (χ3n) is 5.54. The molecular weight excluding hydrogens is 415 g/mol. The lowest BCUT2D eigenvalue weighted by Gasteiger charge is -2.25. The van der Waals surface area contributed by atoms with Crippen LogP contribution in [0.3, 0.4) is 0 Å². The number of aromatic nitrogens is 1. The van der Waals surface area contributed by atoms with E-state index in [2.05, 4.69) is 51.1 Å². The largest absolute Gasteiger partial charge is 0.381 e. The summed E-state index contributed by atoms with van der Waals surface area (Å²) in [6.45, 7) is 4.14. The van der Waals surface area contributed by atoms with Gasteiger partial charge in [-0.1, -0.05) is 36.4 Å². The van der Waals surface area contributed by atoms with Crippen LogP contribution in [0.2, 0.25) is 0 Å². The third-order valence-corrected chi connectivity index (χ3v) is 6.91. The second-order valence-electron chi connectivity index (χ2n) is 7.69. The van der Waals surface area contributed by atoms with Crippen molar-refractivity contribution in [1.82, 2.24) is 9.88 Å². The molecular formula is C23H25FN4O2S. The van der Waals surface area contributed by atoms with Crippen LogP contribution in [-0.2, 0) is 10.0 Å². The molecule has 1 aromatic heterocycles. The van der Waals surface area contributed by atoms with Gasteiger partial charge in [0, 0.05) is 30.9 Å². The van der Waals surface area contributed by atoms with Crippen molar-refractivity contribution >= 4 is 21.5 Å². The molecule has 0 amide bonds. The van der Waals surface area contributed by atoms with Gasteiger partial charge in [-0.2, -0.15) is 4.39 Å². The van der Waals surface area contributed by atoms with Crippen LogP contribution in [0.15, 0.2) is 77.7 Å². The Morgan fingerprint density at radius 1 is 1.03 bits per heavy atom. The van der Waals surface area contributed by atoms with Crippen molar-refractivity contribution in [1.29, 1.82) is 0 Å². The van der Waals surface area contributed by atoms with Crippen LogP contribution in [0.25, 0.3) is 0 Å². The fourth-order valence-electron chi connectivity index (χ4n) is 3.83. The molecule has 1 aliphatic rings. The van der Waals surface area contributed by atoms with Crippen molar-refractivity contribution < 1.29 is 12.8 Å². The summed E-state index contributed by atoms with van der Waals surface area (Å²) in [6, 6.07) is 21.6. The maximum atomic E-state index is 13.2. The number of nitrogens with zero attached hydrogens (tertiary/aromatic N) is 2. The second kappa shape index (κ2) is 9.03. The van der Waals surface area contributed by atoms with Gasteiger partial charge in [-0.25, -0.2) is 13.4 Å². The molecule has 6 nitrogen and oxygen atoms in total. The Bertz CT molecular complexity index is 1120. The van der Waals surface area contributed by atoms with E-state index in [-0.39, 0.29) is 10.7 Å². The van der Waals surface area contributed by atoms with E-state index in [1.165, 1.54) is 29.8 Å². The molecule has 162 valence electrons. The molecule has 8 heteroatoms. The van der Waals surface area contributed by atoms with Gasteiger partial charge in [0.15, 0.2) is 0 Å². The fourth-order valence-corrected chi connectivity index (χ4v) is 4.83. The van der Waals surface area contributed by atoms with Gasteiger partial charge in [0.05, 0.1) is 4.90 Å². The Morgan fingerprint density at radius 2 is 1.77 bits per heavy atom. The average molecular weight is 441 g/mol. The molecule has 0 saturated carbocycles. The number of anilines is 2. The number of sulfonamides is 1. The van der Waals surface area contributed by atoms with Crippen LogP contribution in [0.4, 0.5) is 15.9 Å². The number of nitrogens with one attached hydrogen (secondary N) is 2. The van der Waals surface area contributed by atoms with E-state index in [0.29, 0.717) is 12.1 Å². The first-order valence-electron chi connectivity index (χ1n) is 10.2. The van der Waals surface area contributed by atoms with Crippen molar-refractivity contribution in [2.24, 2.45) is 0 Å². The van der Waals surface area contributed by atoms with Crippen LogP contribution in [0.5, 0.6) is 0 Å². The van der Waals surface area contributed by atoms with Crippen molar-refractivity contribution in [2.45, 2.75) is 30.3 Å². The van der Waals surface area contributed by atoms with E-state index < -0.39 is 16.0 Å². The molecule has 1 fully saturated rings. The van der Waals surface area contributed by atoms with Gasteiger partial charge in [-0.05, 0) is 55.3 Å². The van der Waals surface area contributed by atoms with Gasteiger partial charge >= 0.3 is 0 Å². The summed E-state index contributed by atoms with van der Waals surface area (Å²) in [5, 5.41) is 3.49. The van der Waals surface area contributed by atoms with E-state index in [1.807, 2.05) is 6.07 Å². The summed E-state index contributed by atoms with van der Waals surface area (Å²) < 4.78 is 40.5. The predicted molar refractivity (Wildman–Crippen MR) is 120 cm³/mol. The maximum absolute atomic E-state index is 13.2. The molecule has 0 unspecified atom stereocenters. The SMILES string of the molecule is C[C@@H](c1ccccc1)N1CC[C@H](Nc2ccc(S(=O)(=O)Nc3cccc(F)n3)cc2)C1. The molecule has 31 heavy (non-hydrogen) atoms. The molecule has 0 radical (unpaired) electrons. The van der Waals surface area contributed by atoms with Gasteiger partial charge < -0.3 is 5.32 Å². The smallest absolute Gasteiger partial charge is 0.263 e. The van der Waals surface area contributed by atoms with E-state index in [0.717, 1.165) is 31.3 Å². The van der Waals surface area contributed by atoms with E-state index in [9.17, 15) is 12.8 Å². The molecule has 0 bridgehead atoms. The lowest BCUT2D eigenvalue weighted by atomic mass is 10.1. The van der Waals surface area contributed by atoms with Crippen LogP contribution in [-0.4, -0.2) is 37.4 Å². The highest BCUT2D eigenvalue weighted by molar-refractivity contribution is 7.92. The van der Waals surface area contributed by atoms with Crippen LogP contribution < -0.4 is 10.0 Å². The van der Waals surface area contributed by atoms with Gasteiger partial charge in [0.1, 0.15) is 5.82 Å². The zero-order valence-corrected chi connectivity index (χ0v) is 18.0. The monoisotopic (exact) mass is 440 g/mol. The average Bonchev–Trinajstić information content (AvgIpc) is 3.22. The van der Waals surface area contributed by atoms with Crippen molar-refractivity contribution in [3.8, 4) is 0 Å². The van der Waals surface area contributed by atoms with Crippen LogP contribution in [0.1, 0.15) is 24.9 Å². The second-order valence-corrected chi connectivity index (χ2v) is 9.37. The Morgan fingerprint density at radius 3 is 2.48 bits per heavy atom. The van der Waals surface area contributed by atoms with Gasteiger partial charge in [-0.15, -0.1) is 0 Å². The standard InChI is InChI=1S/C23H25FN4O2S/c1-17(18-6-3-2-4-7-18)28-15-14-20(16-28)25-19-10-12-21(13-11-19)31(29,30)27-23-9-5-8-22(24)26-23/h2-13,17,20,25H,14-16H2,1H3,(H,26,27)/t17-,20-/m0/s1. The molecule has 0 spiro atoms. The Labute approximate surface area is 182 Å². The van der Waals surface area contributed by atoms with E-state index in [1.54, 1.807) is 12.1 Å². The predicted octanol–water partition coefficient (Wildman–Crippen LogP) is 4.27. The minimum absolute atomic E-state index is 0.0548. The summed E-state index contributed by atoms with van der Waals surface area (Å²) in [5.41, 5.74) is 2.17. The van der Waals surface area contributed by atoms with Gasteiger partial charge in [0.2, 0.25) is 5.95 Å². The molecule has 3 aromatic rings. The first kappa shape index (κ1) is 21.3. The summed E-state index contributed by atoms with van der Waals surface area (Å²) in [5.74, 6) is -0.798. The minimum atomic E-state index is -3.84. The highest BCUT2D eigenvalue weighted by Crippen LogP contribution is 2.26. The van der Waals surface area contributed by atoms with Gasteiger partial charge in [0.25, 0.3) is 10.0 Å². The Kier molecular flexibility index (Phi) is 6.20.